The van der Waals surface area contributed by atoms with Crippen molar-refractivity contribution in [3.63, 3.8) is 0 Å². The predicted octanol–water partition coefficient (Wildman–Crippen LogP) is 4.42. The van der Waals surface area contributed by atoms with Crippen LogP contribution in [-0.4, -0.2) is 32.6 Å². The molecular formula is C24H27FN2O3S. The average Bonchev–Trinajstić information content (AvgIpc) is 2.74. The Balaban J connectivity index is 1.77. The fourth-order valence-corrected chi connectivity index (χ4v) is 3.91. The molecule has 0 radical (unpaired) electrons. The summed E-state index contributed by atoms with van der Waals surface area (Å²) in [6.07, 6.45) is 4.46. The Kier molecular flexibility index (Phi) is 7.51. The van der Waals surface area contributed by atoms with E-state index in [0.29, 0.717) is 28.5 Å². The lowest BCUT2D eigenvalue weighted by molar-refractivity contribution is 0.0282. The van der Waals surface area contributed by atoms with Crippen molar-refractivity contribution in [2.75, 3.05) is 12.4 Å². The second kappa shape index (κ2) is 10.1. The average molecular weight is 443 g/mol. The molecule has 0 unspecified atom stereocenters. The van der Waals surface area contributed by atoms with E-state index >= 15 is 0 Å². The van der Waals surface area contributed by atoms with Crippen molar-refractivity contribution < 1.29 is 14.2 Å². The van der Waals surface area contributed by atoms with E-state index in [1.54, 1.807) is 49.0 Å². The van der Waals surface area contributed by atoms with Gasteiger partial charge in [0.25, 0.3) is 5.56 Å². The summed E-state index contributed by atoms with van der Waals surface area (Å²) in [6.45, 7) is 5.57. The lowest BCUT2D eigenvalue weighted by Gasteiger charge is -2.20. The number of hydrogen-bond donors (Lipinski definition) is 1. The van der Waals surface area contributed by atoms with Crippen molar-refractivity contribution >= 4 is 11.8 Å². The summed E-state index contributed by atoms with van der Waals surface area (Å²) in [5.74, 6) is 1.01. The maximum Gasteiger partial charge on any atom is 0.287 e. The number of thioether (sulfide) groups is 1. The molecule has 0 aliphatic rings. The Morgan fingerprint density at radius 3 is 2.68 bits per heavy atom. The van der Waals surface area contributed by atoms with Crippen LogP contribution >= 0.6 is 11.8 Å². The molecule has 0 spiro atoms. The molecule has 164 valence electrons. The molecule has 5 nitrogen and oxygen atoms in total. The predicted molar refractivity (Wildman–Crippen MR) is 122 cm³/mol. The summed E-state index contributed by atoms with van der Waals surface area (Å²) < 4.78 is 21.1. The van der Waals surface area contributed by atoms with Gasteiger partial charge in [-0.1, -0.05) is 25.1 Å². The van der Waals surface area contributed by atoms with Gasteiger partial charge in [0.2, 0.25) is 0 Å². The third kappa shape index (κ3) is 6.18. The molecule has 0 bridgehead atoms. The molecule has 0 aliphatic heterocycles. The molecule has 0 saturated heterocycles. The molecule has 0 atom stereocenters. The van der Waals surface area contributed by atoms with Crippen LogP contribution in [0.5, 0.6) is 5.75 Å². The molecule has 1 heterocycles. The molecule has 0 aliphatic carbocycles. The minimum absolute atomic E-state index is 0.178. The maximum atomic E-state index is 13.8. The van der Waals surface area contributed by atoms with Crippen LogP contribution in [0.2, 0.25) is 0 Å². The zero-order chi connectivity index (χ0) is 22.4. The van der Waals surface area contributed by atoms with E-state index in [2.05, 4.69) is 4.98 Å². The van der Waals surface area contributed by atoms with E-state index in [-0.39, 0.29) is 18.0 Å². The van der Waals surface area contributed by atoms with Gasteiger partial charge in [0.1, 0.15) is 18.2 Å². The highest BCUT2D eigenvalue weighted by molar-refractivity contribution is 7.99. The fraction of sp³-hybridized carbons (Fsp3) is 0.333. The number of ether oxygens (including phenoxy) is 1. The van der Waals surface area contributed by atoms with Crippen molar-refractivity contribution in [2.24, 2.45) is 0 Å². The molecule has 31 heavy (non-hydrogen) atoms. The highest BCUT2D eigenvalue weighted by Crippen LogP contribution is 2.24. The van der Waals surface area contributed by atoms with Crippen LogP contribution in [0, 0.1) is 5.82 Å². The van der Waals surface area contributed by atoms with Gasteiger partial charge in [0.05, 0.1) is 5.60 Å². The van der Waals surface area contributed by atoms with Crippen LogP contribution < -0.4 is 10.3 Å². The van der Waals surface area contributed by atoms with Crippen LogP contribution in [-0.2, 0) is 12.8 Å². The van der Waals surface area contributed by atoms with Crippen molar-refractivity contribution in [3.8, 4) is 11.4 Å². The SMILES string of the molecule is CCc1cc(-n2ccnc(SCCc3ccccc3F)c2=O)ccc1OCC(C)(C)O. The standard InChI is InChI=1S/C24H27FN2O3S/c1-4-17-15-19(9-10-21(17)30-16-24(2,3)29)27-13-12-26-22(23(27)28)31-14-11-18-7-5-6-8-20(18)25/h5-10,12-13,15,29H,4,11,14,16H2,1-3H3. The number of aromatic nitrogens is 2. The van der Waals surface area contributed by atoms with Crippen LogP contribution in [0.15, 0.2) is 64.7 Å². The topological polar surface area (TPSA) is 64.4 Å². The van der Waals surface area contributed by atoms with Crippen molar-refractivity contribution in [2.45, 2.75) is 44.2 Å². The Labute approximate surface area is 185 Å². The van der Waals surface area contributed by atoms with Crippen molar-refractivity contribution in [1.29, 1.82) is 0 Å². The van der Waals surface area contributed by atoms with Gasteiger partial charge in [0.15, 0.2) is 5.03 Å². The quantitative estimate of drug-likeness (QED) is 0.497. The van der Waals surface area contributed by atoms with Gasteiger partial charge in [-0.25, -0.2) is 9.37 Å². The maximum absolute atomic E-state index is 13.8. The lowest BCUT2D eigenvalue weighted by Crippen LogP contribution is -2.28. The Morgan fingerprint density at radius 1 is 1.19 bits per heavy atom. The molecule has 1 N–H and O–H groups in total. The summed E-state index contributed by atoms with van der Waals surface area (Å²) in [5, 5.41) is 10.3. The highest BCUT2D eigenvalue weighted by Gasteiger charge is 2.15. The van der Waals surface area contributed by atoms with Crippen molar-refractivity contribution in [3.05, 3.63) is 82.2 Å². The van der Waals surface area contributed by atoms with Gasteiger partial charge in [-0.2, -0.15) is 0 Å². The Morgan fingerprint density at radius 2 is 1.97 bits per heavy atom. The molecule has 3 aromatic rings. The Bertz CT molecular complexity index is 1090. The van der Waals surface area contributed by atoms with E-state index in [1.165, 1.54) is 17.8 Å². The van der Waals surface area contributed by atoms with Gasteiger partial charge in [-0.05, 0) is 62.1 Å². The van der Waals surface area contributed by atoms with E-state index in [1.807, 2.05) is 25.1 Å². The normalized spacial score (nSPS) is 11.5. The molecule has 0 fully saturated rings. The lowest BCUT2D eigenvalue weighted by atomic mass is 10.1. The van der Waals surface area contributed by atoms with Gasteiger partial charge >= 0.3 is 0 Å². The fourth-order valence-electron chi connectivity index (χ4n) is 3.04. The number of aliphatic hydroxyl groups is 1. The number of hydrogen-bond acceptors (Lipinski definition) is 5. The number of aryl methyl sites for hydroxylation is 2. The van der Waals surface area contributed by atoms with Crippen LogP contribution in [0.4, 0.5) is 4.39 Å². The zero-order valence-corrected chi connectivity index (χ0v) is 18.8. The van der Waals surface area contributed by atoms with Crippen molar-refractivity contribution in [1.82, 2.24) is 9.55 Å². The molecule has 0 amide bonds. The zero-order valence-electron chi connectivity index (χ0n) is 18.0. The molecule has 3 rings (SSSR count). The number of rotatable bonds is 9. The minimum Gasteiger partial charge on any atom is -0.490 e. The number of benzene rings is 2. The summed E-state index contributed by atoms with van der Waals surface area (Å²) in [7, 11) is 0. The number of nitrogens with zero attached hydrogens (tertiary/aromatic N) is 2. The van der Waals surface area contributed by atoms with E-state index < -0.39 is 5.60 Å². The first kappa shape index (κ1) is 23.0. The Hall–Kier alpha value is -2.64. The second-order valence-electron chi connectivity index (χ2n) is 7.84. The number of halogens is 1. The monoisotopic (exact) mass is 442 g/mol. The van der Waals surface area contributed by atoms with Crippen LogP contribution in [0.1, 0.15) is 31.9 Å². The van der Waals surface area contributed by atoms with E-state index in [9.17, 15) is 14.3 Å². The van der Waals surface area contributed by atoms with Gasteiger partial charge in [-0.15, -0.1) is 11.8 Å². The first-order valence-corrected chi connectivity index (χ1v) is 11.2. The smallest absolute Gasteiger partial charge is 0.287 e. The van der Waals surface area contributed by atoms with Gasteiger partial charge in [0, 0.05) is 23.8 Å². The molecule has 2 aromatic carbocycles. The largest absolute Gasteiger partial charge is 0.490 e. The van der Waals surface area contributed by atoms with E-state index in [4.69, 9.17) is 4.74 Å². The first-order valence-electron chi connectivity index (χ1n) is 10.2. The summed E-state index contributed by atoms with van der Waals surface area (Å²) >= 11 is 1.32. The van der Waals surface area contributed by atoms with Crippen LogP contribution in [0.25, 0.3) is 5.69 Å². The van der Waals surface area contributed by atoms with Crippen LogP contribution in [0.3, 0.4) is 0 Å². The van der Waals surface area contributed by atoms with E-state index in [0.717, 1.165) is 17.7 Å². The first-order chi connectivity index (χ1) is 14.8. The second-order valence-corrected chi connectivity index (χ2v) is 8.93. The molecule has 0 saturated carbocycles. The third-order valence-electron chi connectivity index (χ3n) is 4.66. The molecule has 7 heteroatoms. The highest BCUT2D eigenvalue weighted by atomic mass is 32.2. The third-order valence-corrected chi connectivity index (χ3v) is 5.62. The summed E-state index contributed by atoms with van der Waals surface area (Å²) in [6, 6.07) is 12.2. The molecule has 1 aromatic heterocycles. The summed E-state index contributed by atoms with van der Waals surface area (Å²) in [4.78, 5) is 17.2. The molecular weight excluding hydrogens is 415 g/mol. The van der Waals surface area contributed by atoms with Gasteiger partial charge in [-0.3, -0.25) is 9.36 Å². The summed E-state index contributed by atoms with van der Waals surface area (Å²) in [5.41, 5.74) is 1.14. The minimum atomic E-state index is -0.930. The van der Waals surface area contributed by atoms with Gasteiger partial charge < -0.3 is 9.84 Å².